The number of anilines is 2. The third kappa shape index (κ3) is 3.91. The second-order valence-electron chi connectivity index (χ2n) is 8.15. The van der Waals surface area contributed by atoms with E-state index in [0.717, 1.165) is 23.7 Å². The van der Waals surface area contributed by atoms with E-state index in [2.05, 4.69) is 30.4 Å². The second kappa shape index (κ2) is 7.78. The van der Waals surface area contributed by atoms with Crippen molar-refractivity contribution in [1.82, 2.24) is 29.7 Å². The standard InChI is InChI=1S/C19H19F5N8/c20-14(21)9-32-17-13(5-28-32)27-6-15(30-17)29-12-3-10-7-31(8-11(10)4-12)18-16(19(22,23)24)25-1-2-26-18/h1-2,5-6,10-12,14H,3-4,7-9H2,(H,29,30)/t10-,11+,12?. The minimum Gasteiger partial charge on any atom is -0.366 e. The van der Waals surface area contributed by atoms with Crippen molar-refractivity contribution in [3.63, 3.8) is 0 Å². The monoisotopic (exact) mass is 454 g/mol. The molecule has 1 saturated carbocycles. The highest BCUT2D eigenvalue weighted by Crippen LogP contribution is 2.42. The molecule has 13 heteroatoms. The minimum absolute atomic E-state index is 0.0642. The summed E-state index contributed by atoms with van der Waals surface area (Å²) in [4.78, 5) is 17.7. The van der Waals surface area contributed by atoms with Gasteiger partial charge in [0.2, 0.25) is 0 Å². The van der Waals surface area contributed by atoms with Gasteiger partial charge in [0, 0.05) is 31.5 Å². The molecule has 1 saturated heterocycles. The Hall–Kier alpha value is -3.12. The summed E-state index contributed by atoms with van der Waals surface area (Å²) in [5, 5.41) is 7.20. The van der Waals surface area contributed by atoms with Crippen LogP contribution >= 0.6 is 0 Å². The molecule has 0 spiro atoms. The highest BCUT2D eigenvalue weighted by molar-refractivity contribution is 5.71. The van der Waals surface area contributed by atoms with E-state index in [1.54, 1.807) is 4.90 Å². The van der Waals surface area contributed by atoms with Gasteiger partial charge in [-0.05, 0) is 24.7 Å². The van der Waals surface area contributed by atoms with E-state index in [0.29, 0.717) is 24.4 Å². The summed E-state index contributed by atoms with van der Waals surface area (Å²) in [6.07, 6.45) is -0.361. The molecule has 1 aliphatic heterocycles. The maximum absolute atomic E-state index is 13.3. The highest BCUT2D eigenvalue weighted by Gasteiger charge is 2.44. The first-order chi connectivity index (χ1) is 15.3. The molecule has 5 rings (SSSR count). The molecule has 2 aliphatic rings. The summed E-state index contributed by atoms with van der Waals surface area (Å²) in [5.41, 5.74) is -0.250. The van der Waals surface area contributed by atoms with Crippen LogP contribution in [0.3, 0.4) is 0 Å². The van der Waals surface area contributed by atoms with E-state index >= 15 is 0 Å². The highest BCUT2D eigenvalue weighted by atomic mass is 19.4. The van der Waals surface area contributed by atoms with Crippen LogP contribution in [-0.4, -0.2) is 55.3 Å². The van der Waals surface area contributed by atoms with Gasteiger partial charge in [-0.25, -0.2) is 33.4 Å². The van der Waals surface area contributed by atoms with Crippen LogP contribution in [0.4, 0.5) is 33.6 Å². The number of hydrogen-bond donors (Lipinski definition) is 1. The molecule has 8 nitrogen and oxygen atoms in total. The van der Waals surface area contributed by atoms with Crippen molar-refractivity contribution in [2.24, 2.45) is 11.8 Å². The molecular weight excluding hydrogens is 435 g/mol. The Kier molecular flexibility index (Phi) is 5.05. The first-order valence-corrected chi connectivity index (χ1v) is 10.1. The van der Waals surface area contributed by atoms with E-state index < -0.39 is 24.8 Å². The maximum atomic E-state index is 13.3. The Labute approximate surface area is 178 Å². The Bertz CT molecular complexity index is 1100. The van der Waals surface area contributed by atoms with Gasteiger partial charge in [-0.1, -0.05) is 0 Å². The number of fused-ring (bicyclic) bond motifs is 2. The average Bonchev–Trinajstić information content (AvgIpc) is 3.41. The largest absolute Gasteiger partial charge is 0.437 e. The zero-order valence-corrected chi connectivity index (χ0v) is 16.7. The van der Waals surface area contributed by atoms with Crippen LogP contribution in [0, 0.1) is 11.8 Å². The SMILES string of the molecule is FC(F)Cn1ncc2ncc(NC3C[C@@H]4CN(c5nccnc5C(F)(F)F)C[C@@H]4C3)nc21. The lowest BCUT2D eigenvalue weighted by Crippen LogP contribution is -2.28. The number of hydrogen-bond acceptors (Lipinski definition) is 7. The molecule has 32 heavy (non-hydrogen) atoms. The number of nitrogens with one attached hydrogen (secondary N) is 1. The third-order valence-electron chi connectivity index (χ3n) is 6.01. The Balaban J connectivity index is 1.26. The smallest absolute Gasteiger partial charge is 0.366 e. The fourth-order valence-electron chi connectivity index (χ4n) is 4.74. The summed E-state index contributed by atoms with van der Waals surface area (Å²) in [5.74, 6) is 0.749. The van der Waals surface area contributed by atoms with Crippen molar-refractivity contribution in [3.05, 3.63) is 30.5 Å². The lowest BCUT2D eigenvalue weighted by atomic mass is 10.0. The number of nitrogens with zero attached hydrogens (tertiary/aromatic N) is 7. The predicted octanol–water partition coefficient (Wildman–Crippen LogP) is 3.23. The summed E-state index contributed by atoms with van der Waals surface area (Å²) in [6.45, 7) is 0.375. The molecule has 0 amide bonds. The average molecular weight is 454 g/mol. The number of rotatable bonds is 5. The van der Waals surface area contributed by atoms with Gasteiger partial charge in [0.25, 0.3) is 6.43 Å². The quantitative estimate of drug-likeness (QED) is 0.593. The molecule has 1 N–H and O–H groups in total. The molecule has 3 aromatic rings. The van der Waals surface area contributed by atoms with Gasteiger partial charge in [0.15, 0.2) is 17.2 Å². The molecule has 0 aromatic carbocycles. The number of alkyl halides is 5. The van der Waals surface area contributed by atoms with Crippen molar-refractivity contribution in [3.8, 4) is 0 Å². The van der Waals surface area contributed by atoms with Gasteiger partial charge in [-0.15, -0.1) is 0 Å². The number of halogens is 5. The Morgan fingerprint density at radius 3 is 2.44 bits per heavy atom. The molecule has 0 bridgehead atoms. The van der Waals surface area contributed by atoms with Gasteiger partial charge >= 0.3 is 6.18 Å². The van der Waals surface area contributed by atoms with E-state index in [1.165, 1.54) is 18.6 Å². The first-order valence-electron chi connectivity index (χ1n) is 10.1. The zero-order valence-electron chi connectivity index (χ0n) is 16.7. The molecule has 2 fully saturated rings. The maximum Gasteiger partial charge on any atom is 0.437 e. The molecule has 4 heterocycles. The van der Waals surface area contributed by atoms with E-state index in [9.17, 15) is 22.0 Å². The van der Waals surface area contributed by atoms with Crippen LogP contribution in [-0.2, 0) is 12.7 Å². The topological polar surface area (TPSA) is 84.7 Å². The van der Waals surface area contributed by atoms with Crippen molar-refractivity contribution in [2.75, 3.05) is 23.3 Å². The van der Waals surface area contributed by atoms with Gasteiger partial charge < -0.3 is 10.2 Å². The lowest BCUT2D eigenvalue weighted by Gasteiger charge is -2.23. The third-order valence-corrected chi connectivity index (χ3v) is 6.01. The van der Waals surface area contributed by atoms with E-state index in [-0.39, 0.29) is 29.3 Å². The molecule has 1 aliphatic carbocycles. The Morgan fingerprint density at radius 1 is 1.03 bits per heavy atom. The van der Waals surface area contributed by atoms with Crippen LogP contribution in [0.15, 0.2) is 24.8 Å². The van der Waals surface area contributed by atoms with Crippen LogP contribution in [0.1, 0.15) is 18.5 Å². The number of aromatic nitrogens is 6. The van der Waals surface area contributed by atoms with Crippen LogP contribution < -0.4 is 10.2 Å². The van der Waals surface area contributed by atoms with Crippen LogP contribution in [0.5, 0.6) is 0 Å². The molecule has 0 radical (unpaired) electrons. The molecule has 3 atom stereocenters. The van der Waals surface area contributed by atoms with Crippen molar-refractivity contribution in [1.29, 1.82) is 0 Å². The summed E-state index contributed by atoms with van der Waals surface area (Å²) in [7, 11) is 0. The second-order valence-corrected chi connectivity index (χ2v) is 8.15. The fraction of sp³-hybridized carbons (Fsp3) is 0.526. The van der Waals surface area contributed by atoms with Crippen molar-refractivity contribution < 1.29 is 22.0 Å². The lowest BCUT2D eigenvalue weighted by molar-refractivity contribution is -0.140. The van der Waals surface area contributed by atoms with Crippen LogP contribution in [0.25, 0.3) is 11.2 Å². The van der Waals surface area contributed by atoms with Gasteiger partial charge in [0.1, 0.15) is 17.9 Å². The normalized spacial score (nSPS) is 23.3. The van der Waals surface area contributed by atoms with Gasteiger partial charge in [0.05, 0.1) is 12.4 Å². The van der Waals surface area contributed by atoms with E-state index in [1.807, 2.05) is 0 Å². The zero-order chi connectivity index (χ0) is 22.5. The van der Waals surface area contributed by atoms with Gasteiger partial charge in [-0.3, -0.25) is 0 Å². The molecule has 1 unspecified atom stereocenters. The molecule has 170 valence electrons. The Morgan fingerprint density at radius 2 is 1.75 bits per heavy atom. The molecular formula is C19H19F5N8. The van der Waals surface area contributed by atoms with Crippen LogP contribution in [0.2, 0.25) is 0 Å². The van der Waals surface area contributed by atoms with Crippen molar-refractivity contribution in [2.45, 2.75) is 38.0 Å². The first kappa shape index (κ1) is 20.8. The molecule has 3 aromatic heterocycles. The summed E-state index contributed by atoms with van der Waals surface area (Å²) < 4.78 is 66.4. The summed E-state index contributed by atoms with van der Waals surface area (Å²) in [6, 6.07) is 0.0642. The van der Waals surface area contributed by atoms with E-state index in [4.69, 9.17) is 0 Å². The van der Waals surface area contributed by atoms with Crippen molar-refractivity contribution >= 4 is 22.8 Å². The summed E-state index contributed by atoms with van der Waals surface area (Å²) >= 11 is 0. The minimum atomic E-state index is -4.56. The fourth-order valence-corrected chi connectivity index (χ4v) is 4.74. The van der Waals surface area contributed by atoms with Gasteiger partial charge in [-0.2, -0.15) is 18.3 Å². The predicted molar refractivity (Wildman–Crippen MR) is 104 cm³/mol.